The molecule has 1 fully saturated rings. The fourth-order valence-electron chi connectivity index (χ4n) is 2.67. The van der Waals surface area contributed by atoms with E-state index in [2.05, 4.69) is 11.8 Å². The fraction of sp³-hybridized carbons (Fsp3) is 0.562. The Morgan fingerprint density at radius 1 is 1.35 bits per heavy atom. The molecular weight excluding hydrogens is 290 g/mol. The highest BCUT2D eigenvalue weighted by Gasteiger charge is 2.24. The molecule has 1 aliphatic heterocycles. The van der Waals surface area contributed by atoms with Crippen molar-refractivity contribution >= 4 is 29.3 Å². The lowest BCUT2D eigenvalue weighted by Gasteiger charge is -2.35. The van der Waals surface area contributed by atoms with Gasteiger partial charge in [0.2, 0.25) is 5.91 Å². The number of benzene rings is 1. The van der Waals surface area contributed by atoms with Crippen LogP contribution in [0.1, 0.15) is 38.2 Å². The maximum Gasteiger partial charge on any atom is 0.232 e. The molecule has 1 amide bonds. The van der Waals surface area contributed by atoms with Gasteiger partial charge in [0.05, 0.1) is 5.75 Å². The largest absolute Gasteiger partial charge is 0.339 e. The van der Waals surface area contributed by atoms with Crippen LogP contribution in [0, 0.1) is 0 Å². The predicted molar refractivity (Wildman–Crippen MR) is 87.3 cm³/mol. The molecule has 1 aromatic carbocycles. The molecule has 20 heavy (non-hydrogen) atoms. The maximum absolute atomic E-state index is 12.3. The Bertz CT molecular complexity index is 435. The van der Waals surface area contributed by atoms with E-state index in [0.29, 0.717) is 17.7 Å². The van der Waals surface area contributed by atoms with Crippen LogP contribution in [0.25, 0.3) is 0 Å². The van der Waals surface area contributed by atoms with Gasteiger partial charge in [0.1, 0.15) is 0 Å². The molecule has 1 atom stereocenters. The van der Waals surface area contributed by atoms with Gasteiger partial charge in [-0.2, -0.15) is 0 Å². The minimum Gasteiger partial charge on any atom is -0.339 e. The molecule has 110 valence electrons. The number of amides is 1. The molecule has 0 unspecified atom stereocenters. The molecule has 0 aromatic heterocycles. The van der Waals surface area contributed by atoms with Gasteiger partial charge < -0.3 is 4.90 Å². The van der Waals surface area contributed by atoms with Crippen LogP contribution in [0.3, 0.4) is 0 Å². The maximum atomic E-state index is 12.3. The van der Waals surface area contributed by atoms with Crippen LogP contribution < -0.4 is 0 Å². The molecule has 1 aromatic rings. The van der Waals surface area contributed by atoms with Crippen molar-refractivity contribution in [3.05, 3.63) is 34.9 Å². The number of nitrogens with zero attached hydrogens (tertiary/aromatic N) is 1. The molecule has 0 aliphatic carbocycles. The van der Waals surface area contributed by atoms with E-state index in [0.717, 1.165) is 30.2 Å². The summed E-state index contributed by atoms with van der Waals surface area (Å²) in [5.41, 5.74) is 1.22. The van der Waals surface area contributed by atoms with Gasteiger partial charge in [0.15, 0.2) is 0 Å². The first-order chi connectivity index (χ1) is 9.70. The summed E-state index contributed by atoms with van der Waals surface area (Å²) in [7, 11) is 0. The van der Waals surface area contributed by atoms with Crippen molar-refractivity contribution in [2.75, 3.05) is 12.3 Å². The van der Waals surface area contributed by atoms with Gasteiger partial charge >= 0.3 is 0 Å². The molecule has 0 bridgehead atoms. The zero-order valence-corrected chi connectivity index (χ0v) is 13.6. The normalized spacial score (nSPS) is 19.1. The number of carbonyl (C=O) groups is 1. The Morgan fingerprint density at radius 2 is 2.10 bits per heavy atom. The smallest absolute Gasteiger partial charge is 0.232 e. The number of likely N-dealkylation sites (tertiary alicyclic amines) is 1. The highest BCUT2D eigenvalue weighted by atomic mass is 35.5. The molecule has 0 N–H and O–H groups in total. The summed E-state index contributed by atoms with van der Waals surface area (Å²) in [5, 5.41) is 0.758. The van der Waals surface area contributed by atoms with Crippen LogP contribution >= 0.6 is 23.4 Å². The highest BCUT2D eigenvalue weighted by molar-refractivity contribution is 7.99. The third-order valence-corrected chi connectivity index (χ3v) is 5.07. The average Bonchev–Trinajstić information content (AvgIpc) is 2.49. The number of hydrogen-bond donors (Lipinski definition) is 0. The van der Waals surface area contributed by atoms with Crippen LogP contribution in [0.2, 0.25) is 5.02 Å². The fourth-order valence-corrected chi connectivity index (χ4v) is 3.67. The highest BCUT2D eigenvalue weighted by Crippen LogP contribution is 2.21. The van der Waals surface area contributed by atoms with Crippen molar-refractivity contribution in [1.29, 1.82) is 0 Å². The Morgan fingerprint density at radius 3 is 2.80 bits per heavy atom. The second-order valence-corrected chi connectivity index (χ2v) is 6.69. The first-order valence-electron chi connectivity index (χ1n) is 7.32. The molecule has 4 heteroatoms. The van der Waals surface area contributed by atoms with Crippen LogP contribution in [0.15, 0.2) is 24.3 Å². The monoisotopic (exact) mass is 311 g/mol. The molecule has 1 saturated heterocycles. The zero-order chi connectivity index (χ0) is 14.4. The Kier molecular flexibility index (Phi) is 6.24. The van der Waals surface area contributed by atoms with Crippen LogP contribution in [-0.2, 0) is 10.5 Å². The van der Waals surface area contributed by atoms with Crippen molar-refractivity contribution in [1.82, 2.24) is 4.90 Å². The minimum atomic E-state index is 0.301. The summed E-state index contributed by atoms with van der Waals surface area (Å²) in [6.45, 7) is 3.12. The SMILES string of the molecule is CC[C@@H]1CCCCN1C(=O)CSCc1ccc(Cl)cc1. The van der Waals surface area contributed by atoms with E-state index in [1.165, 1.54) is 18.4 Å². The van der Waals surface area contributed by atoms with E-state index in [-0.39, 0.29) is 0 Å². The summed E-state index contributed by atoms with van der Waals surface area (Å²) >= 11 is 7.55. The first kappa shape index (κ1) is 15.7. The van der Waals surface area contributed by atoms with Crippen LogP contribution in [-0.4, -0.2) is 29.1 Å². The third-order valence-electron chi connectivity index (χ3n) is 3.83. The standard InChI is InChI=1S/C16H22ClNOS/c1-2-15-5-3-4-10-18(15)16(19)12-20-11-13-6-8-14(17)9-7-13/h6-9,15H,2-5,10-12H2,1H3/t15-/m1/s1. The number of thioether (sulfide) groups is 1. The molecule has 0 saturated carbocycles. The topological polar surface area (TPSA) is 20.3 Å². The van der Waals surface area contributed by atoms with E-state index in [1.807, 2.05) is 24.3 Å². The van der Waals surface area contributed by atoms with E-state index < -0.39 is 0 Å². The van der Waals surface area contributed by atoms with Gasteiger partial charge in [-0.15, -0.1) is 11.8 Å². The van der Waals surface area contributed by atoms with E-state index in [1.54, 1.807) is 11.8 Å². The van der Waals surface area contributed by atoms with Gasteiger partial charge in [-0.3, -0.25) is 4.79 Å². The second-order valence-electron chi connectivity index (χ2n) is 5.26. The summed E-state index contributed by atoms with van der Waals surface area (Å²) in [6.07, 6.45) is 4.67. The van der Waals surface area contributed by atoms with Crippen molar-refractivity contribution in [3.8, 4) is 0 Å². The predicted octanol–water partition coefficient (Wildman–Crippen LogP) is 4.36. The van der Waals surface area contributed by atoms with Gasteiger partial charge in [0, 0.05) is 23.4 Å². The lowest BCUT2D eigenvalue weighted by Crippen LogP contribution is -2.44. The quantitative estimate of drug-likeness (QED) is 0.805. The Hall–Kier alpha value is -0.670. The van der Waals surface area contributed by atoms with Crippen molar-refractivity contribution in [2.24, 2.45) is 0 Å². The molecule has 2 rings (SSSR count). The van der Waals surface area contributed by atoms with E-state index >= 15 is 0 Å². The van der Waals surface area contributed by atoms with Gasteiger partial charge in [-0.1, -0.05) is 30.7 Å². The minimum absolute atomic E-state index is 0.301. The van der Waals surface area contributed by atoms with Crippen molar-refractivity contribution in [2.45, 2.75) is 44.4 Å². The summed E-state index contributed by atoms with van der Waals surface area (Å²) in [5.74, 6) is 1.75. The number of rotatable bonds is 5. The Labute approximate surface area is 130 Å². The summed E-state index contributed by atoms with van der Waals surface area (Å²) < 4.78 is 0. The zero-order valence-electron chi connectivity index (χ0n) is 12.0. The second kappa shape index (κ2) is 7.94. The van der Waals surface area contributed by atoms with Gasteiger partial charge in [-0.25, -0.2) is 0 Å². The lowest BCUT2D eigenvalue weighted by molar-refractivity contribution is -0.132. The molecule has 0 spiro atoms. The van der Waals surface area contributed by atoms with Crippen LogP contribution in [0.5, 0.6) is 0 Å². The third kappa shape index (κ3) is 4.42. The van der Waals surface area contributed by atoms with Crippen molar-refractivity contribution < 1.29 is 4.79 Å². The molecular formula is C16H22ClNOS. The van der Waals surface area contributed by atoms with E-state index in [4.69, 9.17) is 11.6 Å². The van der Waals surface area contributed by atoms with Gasteiger partial charge in [0.25, 0.3) is 0 Å². The molecule has 2 nitrogen and oxygen atoms in total. The summed E-state index contributed by atoms with van der Waals surface area (Å²) in [4.78, 5) is 14.4. The number of piperidine rings is 1. The molecule has 1 aliphatic rings. The average molecular weight is 312 g/mol. The number of carbonyl (C=O) groups excluding carboxylic acids is 1. The first-order valence-corrected chi connectivity index (χ1v) is 8.85. The summed E-state index contributed by atoms with van der Waals surface area (Å²) in [6, 6.07) is 8.31. The van der Waals surface area contributed by atoms with E-state index in [9.17, 15) is 4.79 Å². The number of hydrogen-bond acceptors (Lipinski definition) is 2. The molecule has 1 heterocycles. The van der Waals surface area contributed by atoms with Crippen LogP contribution in [0.4, 0.5) is 0 Å². The van der Waals surface area contributed by atoms with Crippen molar-refractivity contribution in [3.63, 3.8) is 0 Å². The Balaban J connectivity index is 1.78. The number of halogens is 1. The van der Waals surface area contributed by atoms with Gasteiger partial charge in [-0.05, 0) is 43.4 Å². The molecule has 0 radical (unpaired) electrons. The lowest BCUT2D eigenvalue weighted by atomic mass is 10.0.